The van der Waals surface area contributed by atoms with E-state index in [0.717, 1.165) is 11.3 Å². The number of hydroxylamine groups is 2. The predicted molar refractivity (Wildman–Crippen MR) is 155 cm³/mol. The molecule has 1 aliphatic heterocycles. The fourth-order valence-electron chi connectivity index (χ4n) is 5.07. The summed E-state index contributed by atoms with van der Waals surface area (Å²) in [6, 6.07) is 11.0. The molecule has 4 aromatic rings. The number of amides is 2. The van der Waals surface area contributed by atoms with Crippen molar-refractivity contribution in [3.05, 3.63) is 83.1 Å². The standard InChI is InChI=1S/C31H30F2N6O3/c1-18-23(14-22(32)15-25(18)37-29(40)20-4-6-21(7-5-20)31(33)10-11-31)27-24-16-26(36-28(24)35-17-34-27)19-8-12-39(13-9-19)42-30(41)38(2)3/h4-8,14-17H,9-13H2,1-3H3,(H,37,40)(H,34,35,36). The number of hydrogen-bond acceptors (Lipinski definition) is 6. The molecule has 0 radical (unpaired) electrons. The summed E-state index contributed by atoms with van der Waals surface area (Å²) in [7, 11) is 3.26. The van der Waals surface area contributed by atoms with Crippen molar-refractivity contribution in [1.29, 1.82) is 0 Å². The van der Waals surface area contributed by atoms with E-state index in [1.807, 2.05) is 12.1 Å². The number of rotatable bonds is 6. The van der Waals surface area contributed by atoms with E-state index in [-0.39, 0.29) is 0 Å². The van der Waals surface area contributed by atoms with Crippen molar-refractivity contribution in [2.75, 3.05) is 32.5 Å². The minimum absolute atomic E-state index is 0.313. The molecule has 0 unspecified atom stereocenters. The highest BCUT2D eigenvalue weighted by Crippen LogP contribution is 2.49. The van der Waals surface area contributed by atoms with Crippen LogP contribution in [0.3, 0.4) is 0 Å². The van der Waals surface area contributed by atoms with Crippen LogP contribution in [0.2, 0.25) is 0 Å². The van der Waals surface area contributed by atoms with Crippen molar-refractivity contribution in [2.24, 2.45) is 0 Å². The van der Waals surface area contributed by atoms with Gasteiger partial charge in [0.25, 0.3) is 5.91 Å². The third kappa shape index (κ3) is 5.35. The number of nitrogens with zero attached hydrogens (tertiary/aromatic N) is 4. The van der Waals surface area contributed by atoms with Crippen molar-refractivity contribution < 1.29 is 23.2 Å². The molecule has 1 aliphatic carbocycles. The van der Waals surface area contributed by atoms with Gasteiger partial charge in [0.15, 0.2) is 0 Å². The first-order valence-corrected chi connectivity index (χ1v) is 13.7. The monoisotopic (exact) mass is 572 g/mol. The summed E-state index contributed by atoms with van der Waals surface area (Å²) in [5, 5.41) is 5.11. The molecule has 0 atom stereocenters. The van der Waals surface area contributed by atoms with Gasteiger partial charge in [-0.15, -0.1) is 5.06 Å². The maximum Gasteiger partial charge on any atom is 0.428 e. The fourth-order valence-corrected chi connectivity index (χ4v) is 5.07. The number of anilines is 1. The van der Waals surface area contributed by atoms with Crippen LogP contribution in [0.1, 0.15) is 46.4 Å². The summed E-state index contributed by atoms with van der Waals surface area (Å²) in [4.78, 5) is 43.8. The van der Waals surface area contributed by atoms with E-state index in [0.29, 0.717) is 77.0 Å². The van der Waals surface area contributed by atoms with Gasteiger partial charge in [-0.05, 0) is 73.2 Å². The largest absolute Gasteiger partial charge is 0.428 e. The molecule has 2 aromatic heterocycles. The molecule has 42 heavy (non-hydrogen) atoms. The zero-order valence-corrected chi connectivity index (χ0v) is 23.5. The number of alkyl halides is 1. The Bertz CT molecular complexity index is 1730. The van der Waals surface area contributed by atoms with Crippen molar-refractivity contribution >= 4 is 34.3 Å². The summed E-state index contributed by atoms with van der Waals surface area (Å²) in [6.45, 7) is 2.76. The van der Waals surface area contributed by atoms with Crippen molar-refractivity contribution in [2.45, 2.75) is 31.9 Å². The van der Waals surface area contributed by atoms with Crippen molar-refractivity contribution in [3.63, 3.8) is 0 Å². The zero-order chi connectivity index (χ0) is 29.6. The summed E-state index contributed by atoms with van der Waals surface area (Å²) < 4.78 is 29.3. The maximum absolute atomic E-state index is 14.9. The second-order valence-electron chi connectivity index (χ2n) is 10.9. The number of nitrogens with one attached hydrogen (secondary N) is 2. The van der Waals surface area contributed by atoms with Crippen LogP contribution in [-0.2, 0) is 10.5 Å². The molecular formula is C31H30F2N6O3. The van der Waals surface area contributed by atoms with Crippen LogP contribution in [0, 0.1) is 12.7 Å². The number of aromatic amines is 1. The Morgan fingerprint density at radius 1 is 1.12 bits per heavy atom. The Labute approximate surface area is 241 Å². The zero-order valence-electron chi connectivity index (χ0n) is 23.5. The highest BCUT2D eigenvalue weighted by Gasteiger charge is 2.44. The lowest BCUT2D eigenvalue weighted by Crippen LogP contribution is -2.35. The number of hydrogen-bond donors (Lipinski definition) is 2. The minimum Gasteiger partial charge on any atom is -0.351 e. The summed E-state index contributed by atoms with van der Waals surface area (Å²) in [5.74, 6) is -0.949. The molecule has 6 rings (SSSR count). The first-order valence-electron chi connectivity index (χ1n) is 13.7. The van der Waals surface area contributed by atoms with Crippen LogP contribution in [0.5, 0.6) is 0 Å². The number of halogens is 2. The van der Waals surface area contributed by atoms with E-state index in [2.05, 4.69) is 20.3 Å². The molecule has 1 fully saturated rings. The van der Waals surface area contributed by atoms with Gasteiger partial charge in [0.1, 0.15) is 23.5 Å². The predicted octanol–water partition coefficient (Wildman–Crippen LogP) is 5.99. The van der Waals surface area contributed by atoms with Crippen LogP contribution in [0.4, 0.5) is 19.3 Å². The first-order chi connectivity index (χ1) is 20.1. The van der Waals surface area contributed by atoms with E-state index in [1.165, 1.54) is 23.4 Å². The SMILES string of the molecule is Cc1c(NC(=O)c2ccc(C3(F)CC3)cc2)cc(F)cc1-c1ncnc2[nH]c(C3=CCN(OC(=O)N(C)C)CC3)cc12. The van der Waals surface area contributed by atoms with Gasteiger partial charge >= 0.3 is 6.09 Å². The van der Waals surface area contributed by atoms with Gasteiger partial charge in [-0.25, -0.2) is 23.5 Å². The second kappa shape index (κ2) is 10.6. The number of H-pyrrole nitrogens is 1. The third-order valence-corrected chi connectivity index (χ3v) is 7.75. The number of benzene rings is 2. The van der Waals surface area contributed by atoms with Gasteiger partial charge in [0.05, 0.1) is 12.2 Å². The lowest BCUT2D eigenvalue weighted by molar-refractivity contribution is -0.101. The van der Waals surface area contributed by atoms with E-state index in [1.54, 1.807) is 50.3 Å². The van der Waals surface area contributed by atoms with Crippen LogP contribution in [0.15, 0.2) is 54.9 Å². The van der Waals surface area contributed by atoms with Gasteiger partial charge in [0, 0.05) is 48.5 Å². The molecule has 1 saturated carbocycles. The Balaban J connectivity index is 1.26. The highest BCUT2D eigenvalue weighted by atomic mass is 19.1. The molecule has 2 aliphatic rings. The average Bonchev–Trinajstić information content (AvgIpc) is 3.58. The van der Waals surface area contributed by atoms with E-state index >= 15 is 0 Å². The summed E-state index contributed by atoms with van der Waals surface area (Å²) in [6.07, 6.45) is 4.59. The van der Waals surface area contributed by atoms with Gasteiger partial charge in [0.2, 0.25) is 0 Å². The fraction of sp³-hybridized carbons (Fsp3) is 0.290. The first kappa shape index (κ1) is 27.5. The normalized spacial score (nSPS) is 16.2. The minimum atomic E-state index is -1.28. The van der Waals surface area contributed by atoms with E-state index < -0.39 is 23.5 Å². The molecule has 2 amide bonds. The molecule has 2 N–H and O–H groups in total. The smallest absolute Gasteiger partial charge is 0.351 e. The quantitative estimate of drug-likeness (QED) is 0.294. The molecule has 3 heterocycles. The molecular weight excluding hydrogens is 542 g/mol. The summed E-state index contributed by atoms with van der Waals surface area (Å²) >= 11 is 0. The molecule has 216 valence electrons. The number of aromatic nitrogens is 3. The van der Waals surface area contributed by atoms with Gasteiger partial charge < -0.3 is 20.0 Å². The second-order valence-corrected chi connectivity index (χ2v) is 10.9. The number of carbonyl (C=O) groups is 2. The molecule has 2 aromatic carbocycles. The third-order valence-electron chi connectivity index (χ3n) is 7.75. The van der Waals surface area contributed by atoms with Crippen LogP contribution >= 0.6 is 0 Å². The Morgan fingerprint density at radius 2 is 1.88 bits per heavy atom. The van der Waals surface area contributed by atoms with Crippen LogP contribution in [0.25, 0.3) is 27.9 Å². The highest BCUT2D eigenvalue weighted by molar-refractivity contribution is 6.05. The van der Waals surface area contributed by atoms with Crippen LogP contribution < -0.4 is 5.32 Å². The van der Waals surface area contributed by atoms with Gasteiger partial charge in [-0.2, -0.15) is 0 Å². The van der Waals surface area contributed by atoms with Crippen molar-refractivity contribution in [1.82, 2.24) is 24.9 Å². The van der Waals surface area contributed by atoms with E-state index in [9.17, 15) is 18.4 Å². The molecule has 0 bridgehead atoms. The molecule has 9 nitrogen and oxygen atoms in total. The Kier molecular flexibility index (Phi) is 6.97. The lowest BCUT2D eigenvalue weighted by Gasteiger charge is -2.25. The van der Waals surface area contributed by atoms with Gasteiger partial charge in [-0.1, -0.05) is 18.2 Å². The molecule has 11 heteroatoms. The topological polar surface area (TPSA) is 103 Å². The number of fused-ring (bicyclic) bond motifs is 1. The maximum atomic E-state index is 14.9. The Hall–Kier alpha value is -4.64. The Morgan fingerprint density at radius 3 is 2.55 bits per heavy atom. The van der Waals surface area contributed by atoms with Crippen molar-refractivity contribution in [3.8, 4) is 11.3 Å². The molecule has 0 saturated heterocycles. The number of carbonyl (C=O) groups excluding carboxylic acids is 2. The van der Waals surface area contributed by atoms with Crippen LogP contribution in [-0.4, -0.2) is 64.1 Å². The summed E-state index contributed by atoms with van der Waals surface area (Å²) in [5.41, 5.74) is 4.10. The van der Waals surface area contributed by atoms with Gasteiger partial charge in [-0.3, -0.25) is 4.79 Å². The lowest BCUT2D eigenvalue weighted by atomic mass is 10.00. The molecule has 0 spiro atoms. The van der Waals surface area contributed by atoms with E-state index in [4.69, 9.17) is 4.84 Å². The average molecular weight is 573 g/mol.